The van der Waals surface area contributed by atoms with Crippen LogP contribution in [0.5, 0.6) is 0 Å². The standard InChI is InChI=1S/C18H14Cl2N4O/c1-11-4-2-3-5-16(11)24-17(25)12-9-21-18(22-10-12)23-15-7-13(19)6-14(20)8-15/h2-10H,1H3,(H,24,25)(H,21,22,23). The second-order valence-electron chi connectivity index (χ2n) is 5.35. The summed E-state index contributed by atoms with van der Waals surface area (Å²) < 4.78 is 0. The third-order valence-corrected chi connectivity index (χ3v) is 3.86. The Bertz CT molecular complexity index is 893. The van der Waals surface area contributed by atoms with Gasteiger partial charge < -0.3 is 10.6 Å². The number of amides is 1. The summed E-state index contributed by atoms with van der Waals surface area (Å²) in [6.45, 7) is 1.93. The van der Waals surface area contributed by atoms with Crippen LogP contribution in [0.4, 0.5) is 17.3 Å². The van der Waals surface area contributed by atoms with Gasteiger partial charge in [-0.25, -0.2) is 9.97 Å². The summed E-state index contributed by atoms with van der Waals surface area (Å²) in [5, 5.41) is 6.83. The lowest BCUT2D eigenvalue weighted by Gasteiger charge is -2.09. The molecule has 0 aliphatic heterocycles. The molecule has 3 rings (SSSR count). The number of aromatic nitrogens is 2. The fraction of sp³-hybridized carbons (Fsp3) is 0.0556. The monoisotopic (exact) mass is 372 g/mol. The predicted octanol–water partition coefficient (Wildman–Crippen LogP) is 5.09. The number of nitrogens with zero attached hydrogens (tertiary/aromatic N) is 2. The second kappa shape index (κ2) is 7.51. The molecule has 1 aromatic heterocycles. The smallest absolute Gasteiger partial charge is 0.258 e. The molecular weight excluding hydrogens is 359 g/mol. The molecule has 3 aromatic rings. The summed E-state index contributed by atoms with van der Waals surface area (Å²) in [5.74, 6) is 0.0671. The Morgan fingerprint density at radius 3 is 2.28 bits per heavy atom. The lowest BCUT2D eigenvalue weighted by molar-refractivity contribution is 0.102. The molecule has 0 saturated carbocycles. The Labute approximate surface area is 155 Å². The van der Waals surface area contributed by atoms with Crippen LogP contribution in [-0.2, 0) is 0 Å². The SMILES string of the molecule is Cc1ccccc1NC(=O)c1cnc(Nc2cc(Cl)cc(Cl)c2)nc1. The molecule has 0 atom stereocenters. The third-order valence-electron chi connectivity index (χ3n) is 3.43. The number of hydrogen-bond acceptors (Lipinski definition) is 4. The number of benzene rings is 2. The first-order valence-corrected chi connectivity index (χ1v) is 8.19. The number of carbonyl (C=O) groups excluding carboxylic acids is 1. The number of aryl methyl sites for hydroxylation is 1. The van der Waals surface area contributed by atoms with Gasteiger partial charge in [-0.05, 0) is 36.8 Å². The van der Waals surface area contributed by atoms with E-state index in [-0.39, 0.29) is 5.91 Å². The summed E-state index contributed by atoms with van der Waals surface area (Å²) in [7, 11) is 0. The highest BCUT2D eigenvalue weighted by Crippen LogP contribution is 2.24. The maximum absolute atomic E-state index is 12.3. The summed E-state index contributed by atoms with van der Waals surface area (Å²) in [6, 6.07) is 12.6. The van der Waals surface area contributed by atoms with Gasteiger partial charge in [0.25, 0.3) is 5.91 Å². The molecule has 25 heavy (non-hydrogen) atoms. The number of carbonyl (C=O) groups is 1. The minimum absolute atomic E-state index is 0.272. The van der Waals surface area contributed by atoms with Gasteiger partial charge in [-0.15, -0.1) is 0 Å². The number of para-hydroxylation sites is 1. The van der Waals surface area contributed by atoms with Crippen LogP contribution < -0.4 is 10.6 Å². The molecule has 0 aliphatic rings. The normalized spacial score (nSPS) is 10.4. The van der Waals surface area contributed by atoms with Gasteiger partial charge in [0.15, 0.2) is 0 Å². The first-order valence-electron chi connectivity index (χ1n) is 7.43. The minimum atomic E-state index is -0.272. The van der Waals surface area contributed by atoms with E-state index >= 15 is 0 Å². The lowest BCUT2D eigenvalue weighted by Crippen LogP contribution is -2.13. The van der Waals surface area contributed by atoms with Crippen molar-refractivity contribution in [3.8, 4) is 0 Å². The van der Waals surface area contributed by atoms with Crippen molar-refractivity contribution in [2.75, 3.05) is 10.6 Å². The molecule has 0 saturated heterocycles. The fourth-order valence-corrected chi connectivity index (χ4v) is 2.70. The summed E-state index contributed by atoms with van der Waals surface area (Å²) >= 11 is 11.9. The molecular formula is C18H14Cl2N4O. The van der Waals surface area contributed by atoms with Gasteiger partial charge in [0.1, 0.15) is 0 Å². The van der Waals surface area contributed by atoms with Crippen molar-refractivity contribution in [3.05, 3.63) is 76.0 Å². The van der Waals surface area contributed by atoms with Crippen molar-refractivity contribution in [1.29, 1.82) is 0 Å². The maximum atomic E-state index is 12.3. The van der Waals surface area contributed by atoms with Gasteiger partial charge >= 0.3 is 0 Å². The molecule has 1 heterocycles. The number of nitrogens with one attached hydrogen (secondary N) is 2. The van der Waals surface area contributed by atoms with Crippen LogP contribution in [0.3, 0.4) is 0 Å². The third kappa shape index (κ3) is 4.47. The van der Waals surface area contributed by atoms with Crippen molar-refractivity contribution >= 4 is 46.4 Å². The Balaban J connectivity index is 1.71. The van der Waals surface area contributed by atoms with E-state index in [0.29, 0.717) is 27.2 Å². The van der Waals surface area contributed by atoms with Crippen LogP contribution >= 0.6 is 23.2 Å². The average molecular weight is 373 g/mol. The van der Waals surface area contributed by atoms with Gasteiger partial charge in [-0.1, -0.05) is 41.4 Å². The zero-order chi connectivity index (χ0) is 17.8. The van der Waals surface area contributed by atoms with E-state index in [9.17, 15) is 4.79 Å². The highest BCUT2D eigenvalue weighted by Gasteiger charge is 2.09. The van der Waals surface area contributed by atoms with E-state index in [1.54, 1.807) is 18.2 Å². The van der Waals surface area contributed by atoms with Crippen LogP contribution in [0.25, 0.3) is 0 Å². The van der Waals surface area contributed by atoms with Gasteiger partial charge in [-0.2, -0.15) is 0 Å². The molecule has 2 N–H and O–H groups in total. The Kier molecular flexibility index (Phi) is 5.16. The van der Waals surface area contributed by atoms with Crippen molar-refractivity contribution in [2.24, 2.45) is 0 Å². The topological polar surface area (TPSA) is 66.9 Å². The molecule has 0 bridgehead atoms. The maximum Gasteiger partial charge on any atom is 0.258 e. The quantitative estimate of drug-likeness (QED) is 0.669. The second-order valence-corrected chi connectivity index (χ2v) is 6.22. The number of rotatable bonds is 4. The van der Waals surface area contributed by atoms with E-state index < -0.39 is 0 Å². The van der Waals surface area contributed by atoms with Crippen molar-refractivity contribution < 1.29 is 4.79 Å². The Morgan fingerprint density at radius 2 is 1.64 bits per heavy atom. The van der Waals surface area contributed by atoms with Crippen molar-refractivity contribution in [2.45, 2.75) is 6.92 Å². The van der Waals surface area contributed by atoms with Crippen LogP contribution in [-0.4, -0.2) is 15.9 Å². The molecule has 0 spiro atoms. The summed E-state index contributed by atoms with van der Waals surface area (Å²) in [5.41, 5.74) is 2.75. The largest absolute Gasteiger partial charge is 0.324 e. The number of halogens is 2. The molecule has 0 radical (unpaired) electrons. The molecule has 2 aromatic carbocycles. The van der Waals surface area contributed by atoms with Gasteiger partial charge in [0.05, 0.1) is 5.56 Å². The molecule has 126 valence electrons. The Morgan fingerprint density at radius 1 is 1.00 bits per heavy atom. The van der Waals surface area contributed by atoms with Crippen LogP contribution in [0.15, 0.2) is 54.9 Å². The number of anilines is 3. The molecule has 7 heteroatoms. The van der Waals surface area contributed by atoms with Gasteiger partial charge in [0.2, 0.25) is 5.95 Å². The molecule has 0 unspecified atom stereocenters. The highest BCUT2D eigenvalue weighted by molar-refractivity contribution is 6.35. The summed E-state index contributed by atoms with van der Waals surface area (Å²) in [4.78, 5) is 20.6. The average Bonchev–Trinajstić information content (AvgIpc) is 2.56. The van der Waals surface area contributed by atoms with E-state index in [0.717, 1.165) is 11.3 Å². The van der Waals surface area contributed by atoms with E-state index in [1.165, 1.54) is 12.4 Å². The van der Waals surface area contributed by atoms with Crippen LogP contribution in [0, 0.1) is 6.92 Å². The molecule has 1 amide bonds. The first-order chi connectivity index (χ1) is 12.0. The summed E-state index contributed by atoms with van der Waals surface area (Å²) in [6.07, 6.45) is 2.91. The zero-order valence-corrected chi connectivity index (χ0v) is 14.8. The first kappa shape index (κ1) is 17.2. The van der Waals surface area contributed by atoms with Crippen LogP contribution in [0.1, 0.15) is 15.9 Å². The zero-order valence-electron chi connectivity index (χ0n) is 13.3. The van der Waals surface area contributed by atoms with Gasteiger partial charge in [0, 0.05) is 33.8 Å². The van der Waals surface area contributed by atoms with Crippen molar-refractivity contribution in [1.82, 2.24) is 9.97 Å². The Hall–Kier alpha value is -2.63. The molecule has 0 aliphatic carbocycles. The predicted molar refractivity (Wildman–Crippen MR) is 101 cm³/mol. The van der Waals surface area contributed by atoms with Crippen molar-refractivity contribution in [3.63, 3.8) is 0 Å². The van der Waals surface area contributed by atoms with Crippen LogP contribution in [0.2, 0.25) is 10.0 Å². The van der Waals surface area contributed by atoms with E-state index in [4.69, 9.17) is 23.2 Å². The number of hydrogen-bond donors (Lipinski definition) is 2. The fourth-order valence-electron chi connectivity index (χ4n) is 2.17. The van der Waals surface area contributed by atoms with Gasteiger partial charge in [-0.3, -0.25) is 4.79 Å². The van der Waals surface area contributed by atoms with E-state index in [2.05, 4.69) is 20.6 Å². The molecule has 5 nitrogen and oxygen atoms in total. The minimum Gasteiger partial charge on any atom is -0.324 e. The van der Waals surface area contributed by atoms with E-state index in [1.807, 2.05) is 31.2 Å². The molecule has 0 fully saturated rings. The highest BCUT2D eigenvalue weighted by atomic mass is 35.5. The lowest BCUT2D eigenvalue weighted by atomic mass is 10.2.